The second kappa shape index (κ2) is 8.74. The third-order valence-corrected chi connectivity index (χ3v) is 4.98. The van der Waals surface area contributed by atoms with Crippen LogP contribution in [0.1, 0.15) is 29.8 Å². The summed E-state index contributed by atoms with van der Waals surface area (Å²) < 4.78 is 6.91. The molecule has 5 heteroatoms. The minimum absolute atomic E-state index is 0.0683. The molecule has 0 fully saturated rings. The van der Waals surface area contributed by atoms with Gasteiger partial charge in [0.25, 0.3) is 5.91 Å². The summed E-state index contributed by atoms with van der Waals surface area (Å²) in [6, 6.07) is 18.1. The summed E-state index contributed by atoms with van der Waals surface area (Å²) in [5.41, 5.74) is 2.85. The van der Waals surface area contributed by atoms with Crippen LogP contribution in [0.3, 0.4) is 0 Å². The quantitative estimate of drug-likeness (QED) is 0.585. The van der Waals surface area contributed by atoms with E-state index < -0.39 is 0 Å². The smallest absolute Gasteiger partial charge is 0.310 e. The Balaban J connectivity index is 1.93. The lowest BCUT2D eigenvalue weighted by molar-refractivity contribution is -0.145. The number of methoxy groups -OCH3 is 1. The Kier molecular flexibility index (Phi) is 6.14. The van der Waals surface area contributed by atoms with Crippen LogP contribution < -0.4 is 0 Å². The maximum Gasteiger partial charge on any atom is 0.310 e. The molecular formula is C23H26N2O3. The second-order valence-electron chi connectivity index (χ2n) is 6.94. The molecule has 0 saturated heterocycles. The van der Waals surface area contributed by atoms with Gasteiger partial charge in [0.15, 0.2) is 0 Å². The van der Waals surface area contributed by atoms with Crippen molar-refractivity contribution in [3.8, 4) is 0 Å². The van der Waals surface area contributed by atoms with Crippen LogP contribution in [0.5, 0.6) is 0 Å². The number of para-hydroxylation sites is 1. The molecule has 0 saturated carbocycles. The molecule has 5 nitrogen and oxygen atoms in total. The summed E-state index contributed by atoms with van der Waals surface area (Å²) in [6.45, 7) is 5.25. The number of benzene rings is 2. The summed E-state index contributed by atoms with van der Waals surface area (Å²) in [7, 11) is 1.37. The molecule has 0 spiro atoms. The minimum atomic E-state index is -0.369. The summed E-state index contributed by atoms with van der Waals surface area (Å²) in [4.78, 5) is 26.7. The summed E-state index contributed by atoms with van der Waals surface area (Å²) >= 11 is 0. The molecule has 3 rings (SSSR count). The molecule has 1 aromatic heterocycles. The van der Waals surface area contributed by atoms with Crippen molar-refractivity contribution in [1.82, 2.24) is 9.47 Å². The fourth-order valence-electron chi connectivity index (χ4n) is 3.46. The largest absolute Gasteiger partial charge is 0.469 e. The maximum absolute atomic E-state index is 13.3. The van der Waals surface area contributed by atoms with Crippen LogP contribution in [0.4, 0.5) is 0 Å². The number of fused-ring (bicyclic) bond motifs is 1. The average Bonchev–Trinajstić information content (AvgIpc) is 3.10. The molecule has 0 aliphatic heterocycles. The lowest BCUT2D eigenvalue weighted by atomic mass is 10.1. The minimum Gasteiger partial charge on any atom is -0.469 e. The molecule has 146 valence electrons. The number of hydrogen-bond donors (Lipinski definition) is 0. The normalized spacial score (nSPS) is 12.0. The first-order valence-electron chi connectivity index (χ1n) is 9.54. The van der Waals surface area contributed by atoms with Gasteiger partial charge in [0.1, 0.15) is 0 Å². The number of rotatable bonds is 7. The van der Waals surface area contributed by atoms with E-state index in [9.17, 15) is 9.59 Å². The standard InChI is InChI=1S/C23H26N2O3/c1-4-24(14-17(2)23(27)28-3)22(26)20-16-25(15-18-10-6-5-7-11-18)21-13-9-8-12-19(20)21/h5-13,16-17H,4,14-15H2,1-3H3. The predicted molar refractivity (Wildman–Crippen MR) is 110 cm³/mol. The summed E-state index contributed by atoms with van der Waals surface area (Å²) in [5.74, 6) is -0.745. The Labute approximate surface area is 165 Å². The highest BCUT2D eigenvalue weighted by atomic mass is 16.5. The highest BCUT2D eigenvalue weighted by Gasteiger charge is 2.24. The zero-order valence-corrected chi connectivity index (χ0v) is 16.6. The van der Waals surface area contributed by atoms with Gasteiger partial charge in [-0.1, -0.05) is 55.5 Å². The van der Waals surface area contributed by atoms with E-state index in [1.165, 1.54) is 12.7 Å². The molecule has 1 amide bonds. The van der Waals surface area contributed by atoms with E-state index in [1.807, 2.05) is 55.6 Å². The fourth-order valence-corrected chi connectivity index (χ4v) is 3.46. The average molecular weight is 378 g/mol. The molecule has 28 heavy (non-hydrogen) atoms. The third-order valence-electron chi connectivity index (χ3n) is 4.98. The molecule has 0 bridgehead atoms. The molecule has 0 radical (unpaired) electrons. The Hall–Kier alpha value is -3.08. The highest BCUT2D eigenvalue weighted by molar-refractivity contribution is 6.07. The molecular weight excluding hydrogens is 352 g/mol. The van der Waals surface area contributed by atoms with Crippen molar-refractivity contribution in [3.63, 3.8) is 0 Å². The first-order valence-corrected chi connectivity index (χ1v) is 9.54. The van der Waals surface area contributed by atoms with E-state index in [-0.39, 0.29) is 17.8 Å². The number of esters is 1. The Morgan fingerprint density at radius 3 is 2.43 bits per heavy atom. The Bertz CT molecular complexity index is 962. The number of nitrogens with zero attached hydrogens (tertiary/aromatic N) is 2. The van der Waals surface area contributed by atoms with Crippen molar-refractivity contribution >= 4 is 22.8 Å². The van der Waals surface area contributed by atoms with Crippen LogP contribution in [0, 0.1) is 5.92 Å². The van der Waals surface area contributed by atoms with Crippen LogP contribution in [0.25, 0.3) is 10.9 Å². The van der Waals surface area contributed by atoms with Crippen LogP contribution in [-0.4, -0.2) is 41.5 Å². The summed E-state index contributed by atoms with van der Waals surface area (Å²) in [6.07, 6.45) is 1.92. The van der Waals surface area contributed by atoms with Gasteiger partial charge in [-0.25, -0.2) is 0 Å². The van der Waals surface area contributed by atoms with E-state index in [0.717, 1.165) is 10.9 Å². The lowest BCUT2D eigenvalue weighted by Crippen LogP contribution is -2.37. The first-order chi connectivity index (χ1) is 13.5. The Morgan fingerprint density at radius 1 is 1.07 bits per heavy atom. The molecule has 2 aromatic carbocycles. The molecule has 1 unspecified atom stereocenters. The van der Waals surface area contributed by atoms with Crippen molar-refractivity contribution in [3.05, 3.63) is 71.9 Å². The van der Waals surface area contributed by atoms with Gasteiger partial charge in [0, 0.05) is 36.7 Å². The van der Waals surface area contributed by atoms with Crippen molar-refractivity contribution in [1.29, 1.82) is 0 Å². The molecule has 1 atom stereocenters. The van der Waals surface area contributed by atoms with Crippen LogP contribution in [0.15, 0.2) is 60.8 Å². The molecule has 0 aliphatic rings. The number of hydrogen-bond acceptors (Lipinski definition) is 3. The monoisotopic (exact) mass is 378 g/mol. The van der Waals surface area contributed by atoms with Crippen LogP contribution in [-0.2, 0) is 16.1 Å². The highest BCUT2D eigenvalue weighted by Crippen LogP contribution is 2.24. The molecule has 0 aliphatic carbocycles. The van der Waals surface area contributed by atoms with Crippen molar-refractivity contribution in [2.75, 3.05) is 20.2 Å². The van der Waals surface area contributed by atoms with E-state index in [2.05, 4.69) is 16.7 Å². The predicted octanol–water partition coefficient (Wildman–Crippen LogP) is 3.96. The van der Waals surface area contributed by atoms with Gasteiger partial charge in [0.2, 0.25) is 0 Å². The molecule has 0 N–H and O–H groups in total. The van der Waals surface area contributed by atoms with Gasteiger partial charge in [-0.05, 0) is 18.6 Å². The number of carbonyl (C=O) groups is 2. The third kappa shape index (κ3) is 4.09. The van der Waals surface area contributed by atoms with Crippen molar-refractivity contribution < 1.29 is 14.3 Å². The van der Waals surface area contributed by atoms with Gasteiger partial charge < -0.3 is 14.2 Å². The van der Waals surface area contributed by atoms with E-state index in [4.69, 9.17) is 4.74 Å². The number of ether oxygens (including phenoxy) is 1. The lowest BCUT2D eigenvalue weighted by Gasteiger charge is -2.23. The zero-order valence-electron chi connectivity index (χ0n) is 16.6. The fraction of sp³-hybridized carbons (Fsp3) is 0.304. The van der Waals surface area contributed by atoms with E-state index >= 15 is 0 Å². The summed E-state index contributed by atoms with van der Waals surface area (Å²) in [5, 5.41) is 0.924. The van der Waals surface area contributed by atoms with Gasteiger partial charge in [0.05, 0.1) is 18.6 Å². The zero-order chi connectivity index (χ0) is 20.1. The Morgan fingerprint density at radius 2 is 1.75 bits per heavy atom. The van der Waals surface area contributed by atoms with Crippen molar-refractivity contribution in [2.24, 2.45) is 5.92 Å². The van der Waals surface area contributed by atoms with Crippen LogP contribution in [0.2, 0.25) is 0 Å². The number of aromatic nitrogens is 1. The topological polar surface area (TPSA) is 51.5 Å². The number of amides is 1. The van der Waals surface area contributed by atoms with Gasteiger partial charge in [-0.15, -0.1) is 0 Å². The number of carbonyl (C=O) groups excluding carboxylic acids is 2. The van der Waals surface area contributed by atoms with E-state index in [0.29, 0.717) is 25.2 Å². The molecule has 1 heterocycles. The van der Waals surface area contributed by atoms with Crippen molar-refractivity contribution in [2.45, 2.75) is 20.4 Å². The van der Waals surface area contributed by atoms with Crippen LogP contribution >= 0.6 is 0 Å². The second-order valence-corrected chi connectivity index (χ2v) is 6.94. The van der Waals surface area contributed by atoms with Gasteiger partial charge >= 0.3 is 5.97 Å². The SMILES string of the molecule is CCN(CC(C)C(=O)OC)C(=O)c1cn(Cc2ccccc2)c2ccccc12. The van der Waals surface area contributed by atoms with E-state index in [1.54, 1.807) is 11.8 Å². The maximum atomic E-state index is 13.3. The van der Waals surface area contributed by atoms with Gasteiger partial charge in [-0.3, -0.25) is 9.59 Å². The first kappa shape index (κ1) is 19.7. The van der Waals surface area contributed by atoms with Gasteiger partial charge in [-0.2, -0.15) is 0 Å². The molecule has 3 aromatic rings.